The van der Waals surface area contributed by atoms with Crippen LogP contribution >= 0.6 is 0 Å². The molecule has 0 N–H and O–H groups in total. The van der Waals surface area contributed by atoms with Crippen LogP contribution in [-0.2, 0) is 9.59 Å². The van der Waals surface area contributed by atoms with Gasteiger partial charge in [0.2, 0.25) is 0 Å². The maximum Gasteiger partial charge on any atom is 0.167 e. The zero-order chi connectivity index (χ0) is 12.9. The Kier molecular flexibility index (Phi) is 2.34. The Morgan fingerprint density at radius 3 is 1.56 bits per heavy atom. The first-order chi connectivity index (χ1) is 8.59. The minimum absolute atomic E-state index is 0.0868. The van der Waals surface area contributed by atoms with Gasteiger partial charge >= 0.3 is 0 Å². The number of rotatable bonds is 0. The Labute approximate surface area is 106 Å². The lowest BCUT2D eigenvalue weighted by molar-refractivity contribution is -0.115. The van der Waals surface area contributed by atoms with Crippen LogP contribution in [0.5, 0.6) is 0 Å². The first-order valence-electron chi connectivity index (χ1n) is 6.12. The molecule has 2 heteroatoms. The third kappa shape index (κ3) is 1.42. The molecule has 0 unspecified atom stereocenters. The van der Waals surface area contributed by atoms with Gasteiger partial charge in [0.05, 0.1) is 11.8 Å². The van der Waals surface area contributed by atoms with E-state index in [2.05, 4.69) is 0 Å². The van der Waals surface area contributed by atoms with Gasteiger partial charge in [0.25, 0.3) is 0 Å². The van der Waals surface area contributed by atoms with E-state index in [9.17, 15) is 9.59 Å². The lowest BCUT2D eigenvalue weighted by atomic mass is 9.86. The minimum Gasteiger partial charge on any atom is -0.294 e. The summed E-state index contributed by atoms with van der Waals surface area (Å²) in [7, 11) is 0. The number of hydrogen-bond donors (Lipinski definition) is 0. The molecule has 0 saturated heterocycles. The largest absolute Gasteiger partial charge is 0.294 e. The molecule has 0 saturated carbocycles. The van der Waals surface area contributed by atoms with E-state index in [-0.39, 0.29) is 23.4 Å². The van der Waals surface area contributed by atoms with E-state index in [0.29, 0.717) is 0 Å². The van der Waals surface area contributed by atoms with Crippen LogP contribution in [0.15, 0.2) is 47.6 Å². The molecule has 0 aromatic heterocycles. The molecule has 0 aliphatic heterocycles. The molecule has 0 spiro atoms. The summed E-state index contributed by atoms with van der Waals surface area (Å²) in [5.74, 6) is -0.396. The molecule has 2 bridgehead atoms. The fourth-order valence-electron chi connectivity index (χ4n) is 3.06. The van der Waals surface area contributed by atoms with Crippen LogP contribution < -0.4 is 0 Å². The number of allylic oxidation sites excluding steroid dienone is 4. The van der Waals surface area contributed by atoms with Crippen molar-refractivity contribution in [2.24, 2.45) is 0 Å². The summed E-state index contributed by atoms with van der Waals surface area (Å²) in [5, 5.41) is 0. The topological polar surface area (TPSA) is 34.1 Å². The second kappa shape index (κ2) is 3.77. The highest BCUT2D eigenvalue weighted by Crippen LogP contribution is 2.42. The van der Waals surface area contributed by atoms with Crippen LogP contribution in [0.4, 0.5) is 0 Å². The van der Waals surface area contributed by atoms with Crippen LogP contribution in [0.2, 0.25) is 0 Å². The van der Waals surface area contributed by atoms with Crippen molar-refractivity contribution >= 4 is 11.6 Å². The van der Waals surface area contributed by atoms with Gasteiger partial charge in [-0.3, -0.25) is 9.59 Å². The van der Waals surface area contributed by atoms with Crippen LogP contribution in [0.25, 0.3) is 0 Å². The highest BCUT2D eigenvalue weighted by Gasteiger charge is 2.36. The predicted octanol–water partition coefficient (Wildman–Crippen LogP) is 2.91. The van der Waals surface area contributed by atoms with Gasteiger partial charge in [-0.15, -0.1) is 0 Å². The Bertz CT molecular complexity index is 565. The van der Waals surface area contributed by atoms with Gasteiger partial charge in [-0.1, -0.05) is 35.4 Å². The van der Waals surface area contributed by atoms with Gasteiger partial charge in [0, 0.05) is 0 Å². The molecule has 2 atom stereocenters. The fourth-order valence-corrected chi connectivity index (χ4v) is 3.06. The van der Waals surface area contributed by atoms with Crippen molar-refractivity contribution in [1.29, 1.82) is 0 Å². The Morgan fingerprint density at radius 2 is 1.17 bits per heavy atom. The van der Waals surface area contributed by atoms with E-state index in [4.69, 9.17) is 0 Å². The van der Waals surface area contributed by atoms with E-state index in [1.807, 2.05) is 38.1 Å². The number of benzene rings is 1. The maximum absolute atomic E-state index is 12.3. The highest BCUT2D eigenvalue weighted by atomic mass is 16.1. The van der Waals surface area contributed by atoms with Gasteiger partial charge in [-0.05, 0) is 37.1 Å². The standard InChI is InChI=1S/C16H14O2/c1-9-7-13(17)16-10(2)8-14(18)15(9)11-5-3-4-6-12(11)16/h3-8,15-16H,1-2H3/t15-,16-/m0/s1. The molecule has 0 fully saturated rings. The van der Waals surface area contributed by atoms with Gasteiger partial charge < -0.3 is 0 Å². The molecule has 0 amide bonds. The normalized spacial score (nSPS) is 26.1. The quantitative estimate of drug-likeness (QED) is 0.696. The van der Waals surface area contributed by atoms with Crippen LogP contribution in [0.1, 0.15) is 36.8 Å². The molecule has 2 nitrogen and oxygen atoms in total. The van der Waals surface area contributed by atoms with E-state index >= 15 is 0 Å². The molecule has 2 aliphatic carbocycles. The highest BCUT2D eigenvalue weighted by molar-refractivity contribution is 6.08. The molecular weight excluding hydrogens is 224 g/mol. The average molecular weight is 238 g/mol. The molecule has 2 aliphatic rings. The number of carbonyl (C=O) groups excluding carboxylic acids is 2. The van der Waals surface area contributed by atoms with E-state index in [1.165, 1.54) is 0 Å². The van der Waals surface area contributed by atoms with E-state index in [1.54, 1.807) is 12.2 Å². The van der Waals surface area contributed by atoms with E-state index < -0.39 is 0 Å². The van der Waals surface area contributed by atoms with Gasteiger partial charge in [-0.25, -0.2) is 0 Å². The second-order valence-electron chi connectivity index (χ2n) is 5.08. The average Bonchev–Trinajstić information content (AvgIpc) is 2.48. The van der Waals surface area contributed by atoms with E-state index in [0.717, 1.165) is 22.3 Å². The summed E-state index contributed by atoms with van der Waals surface area (Å²) in [5.41, 5.74) is 3.67. The monoisotopic (exact) mass is 238 g/mol. The SMILES string of the molecule is CC1=CC(=O)[C@H]2C(C)=CC(=O)[C@@H]1c1ccccc12. The predicted molar refractivity (Wildman–Crippen MR) is 69.5 cm³/mol. The first-order valence-corrected chi connectivity index (χ1v) is 6.12. The molecule has 3 rings (SSSR count). The van der Waals surface area contributed by atoms with Gasteiger partial charge in [0.1, 0.15) is 0 Å². The summed E-state index contributed by atoms with van der Waals surface area (Å²) in [4.78, 5) is 24.6. The third-order valence-corrected chi connectivity index (χ3v) is 3.84. The third-order valence-electron chi connectivity index (χ3n) is 3.84. The lowest BCUT2D eigenvalue weighted by Crippen LogP contribution is -2.13. The lowest BCUT2D eigenvalue weighted by Gasteiger charge is -2.16. The molecule has 1 aromatic rings. The molecule has 0 heterocycles. The van der Waals surface area contributed by atoms with Crippen molar-refractivity contribution in [3.05, 3.63) is 58.7 Å². The summed E-state index contributed by atoms with van der Waals surface area (Å²) in [6, 6.07) is 7.79. The summed E-state index contributed by atoms with van der Waals surface area (Å²) < 4.78 is 0. The smallest absolute Gasteiger partial charge is 0.167 e. The minimum atomic E-state index is -0.285. The van der Waals surface area contributed by atoms with Crippen molar-refractivity contribution < 1.29 is 9.59 Å². The summed E-state index contributed by atoms with van der Waals surface area (Å²) in [6.45, 7) is 3.74. The zero-order valence-corrected chi connectivity index (χ0v) is 10.4. The zero-order valence-electron chi connectivity index (χ0n) is 10.4. The van der Waals surface area contributed by atoms with Crippen LogP contribution in [-0.4, -0.2) is 11.6 Å². The molecule has 1 aromatic carbocycles. The maximum atomic E-state index is 12.3. The van der Waals surface area contributed by atoms with Crippen LogP contribution in [0, 0.1) is 0 Å². The second-order valence-corrected chi connectivity index (χ2v) is 5.08. The van der Waals surface area contributed by atoms with Crippen molar-refractivity contribution in [2.45, 2.75) is 25.7 Å². The number of ketones is 2. The van der Waals surface area contributed by atoms with Crippen LogP contribution in [0.3, 0.4) is 0 Å². The molecular formula is C16H14O2. The van der Waals surface area contributed by atoms with Crippen molar-refractivity contribution in [1.82, 2.24) is 0 Å². The van der Waals surface area contributed by atoms with Crippen molar-refractivity contribution in [2.75, 3.05) is 0 Å². The summed E-state index contributed by atoms with van der Waals surface area (Å²) in [6.07, 6.45) is 3.29. The molecule has 18 heavy (non-hydrogen) atoms. The molecule has 0 radical (unpaired) electrons. The van der Waals surface area contributed by atoms with Gasteiger partial charge in [0.15, 0.2) is 11.6 Å². The summed E-state index contributed by atoms with van der Waals surface area (Å²) >= 11 is 0. The van der Waals surface area contributed by atoms with Crippen molar-refractivity contribution in [3.8, 4) is 0 Å². The Morgan fingerprint density at radius 1 is 0.778 bits per heavy atom. The number of hydrogen-bond acceptors (Lipinski definition) is 2. The number of carbonyl (C=O) groups is 2. The fraction of sp³-hybridized carbons (Fsp3) is 0.250. The van der Waals surface area contributed by atoms with Crippen molar-refractivity contribution in [3.63, 3.8) is 0 Å². The Hall–Kier alpha value is -1.96. The first kappa shape index (κ1) is 11.1. The molecule has 90 valence electrons. The Balaban J connectivity index is 2.38. The van der Waals surface area contributed by atoms with Gasteiger partial charge in [-0.2, -0.15) is 0 Å².